The van der Waals surface area contributed by atoms with Gasteiger partial charge in [0.1, 0.15) is 0 Å². The molecule has 0 amide bonds. The highest BCUT2D eigenvalue weighted by Crippen LogP contribution is 2.24. The lowest BCUT2D eigenvalue weighted by molar-refractivity contribution is 0.123. The van der Waals surface area contributed by atoms with E-state index in [1.807, 2.05) is 13.0 Å². The van der Waals surface area contributed by atoms with Crippen LogP contribution in [0.1, 0.15) is 38.7 Å². The first-order valence-electron chi connectivity index (χ1n) is 7.52. The van der Waals surface area contributed by atoms with Crippen molar-refractivity contribution in [2.24, 2.45) is 5.73 Å². The number of ether oxygens (including phenoxy) is 1. The van der Waals surface area contributed by atoms with Gasteiger partial charge in [-0.15, -0.1) is 0 Å². The van der Waals surface area contributed by atoms with Gasteiger partial charge in [0.15, 0.2) is 11.6 Å². The number of hydrogen-bond acceptors (Lipinski definition) is 3. The van der Waals surface area contributed by atoms with Crippen molar-refractivity contribution in [2.75, 3.05) is 13.2 Å². The van der Waals surface area contributed by atoms with Crippen molar-refractivity contribution in [1.29, 1.82) is 0 Å². The minimum atomic E-state index is -0.279. The molecule has 1 aromatic carbocycles. The maximum absolute atomic E-state index is 13.9. The molecular formula is C16H25FN2O. The maximum atomic E-state index is 13.9. The number of nitrogens with zero attached hydrogens (tertiary/aromatic N) is 1. The number of nitrogens with two attached hydrogens (primary N) is 1. The van der Waals surface area contributed by atoms with Crippen molar-refractivity contribution in [1.82, 2.24) is 4.90 Å². The molecule has 3 nitrogen and oxygen atoms in total. The highest BCUT2D eigenvalue weighted by atomic mass is 19.1. The van der Waals surface area contributed by atoms with E-state index in [0.717, 1.165) is 25.1 Å². The molecule has 1 aromatic rings. The Labute approximate surface area is 120 Å². The van der Waals surface area contributed by atoms with Gasteiger partial charge >= 0.3 is 0 Å². The summed E-state index contributed by atoms with van der Waals surface area (Å²) in [6.45, 7) is 6.20. The van der Waals surface area contributed by atoms with Gasteiger partial charge in [0.25, 0.3) is 0 Å². The minimum absolute atomic E-state index is 0.155. The second-order valence-corrected chi connectivity index (χ2v) is 5.59. The summed E-state index contributed by atoms with van der Waals surface area (Å²) in [7, 11) is 0. The van der Waals surface area contributed by atoms with E-state index < -0.39 is 0 Å². The molecule has 2 atom stereocenters. The highest BCUT2D eigenvalue weighted by Gasteiger charge is 2.25. The van der Waals surface area contributed by atoms with Crippen LogP contribution in [0.2, 0.25) is 0 Å². The SMILES string of the molecule is CCOc1ccc(CN2CCCCC2C(C)N)cc1F. The minimum Gasteiger partial charge on any atom is -0.491 e. The molecule has 4 heteroatoms. The van der Waals surface area contributed by atoms with Gasteiger partial charge in [0, 0.05) is 18.6 Å². The van der Waals surface area contributed by atoms with Crippen LogP contribution in [0.3, 0.4) is 0 Å². The van der Waals surface area contributed by atoms with Crippen molar-refractivity contribution < 1.29 is 9.13 Å². The van der Waals surface area contributed by atoms with Gasteiger partial charge < -0.3 is 10.5 Å². The molecule has 1 fully saturated rings. The number of halogens is 1. The van der Waals surface area contributed by atoms with Crippen LogP contribution in [-0.4, -0.2) is 30.1 Å². The molecule has 2 rings (SSSR count). The van der Waals surface area contributed by atoms with Gasteiger partial charge in [0.2, 0.25) is 0 Å². The van der Waals surface area contributed by atoms with Crippen LogP contribution in [-0.2, 0) is 6.54 Å². The van der Waals surface area contributed by atoms with E-state index in [1.165, 1.54) is 12.8 Å². The van der Waals surface area contributed by atoms with Crippen LogP contribution < -0.4 is 10.5 Å². The number of benzene rings is 1. The zero-order chi connectivity index (χ0) is 14.5. The Hall–Kier alpha value is -1.13. The molecule has 1 aliphatic rings. The summed E-state index contributed by atoms with van der Waals surface area (Å²) in [6.07, 6.45) is 3.57. The van der Waals surface area contributed by atoms with E-state index >= 15 is 0 Å². The molecule has 1 heterocycles. The van der Waals surface area contributed by atoms with Gasteiger partial charge in [-0.05, 0) is 50.9 Å². The first-order chi connectivity index (χ1) is 9.61. The van der Waals surface area contributed by atoms with E-state index in [2.05, 4.69) is 11.8 Å². The van der Waals surface area contributed by atoms with Crippen LogP contribution in [0.4, 0.5) is 4.39 Å². The number of piperidine rings is 1. The van der Waals surface area contributed by atoms with E-state index in [1.54, 1.807) is 12.1 Å². The fourth-order valence-corrected chi connectivity index (χ4v) is 2.96. The lowest BCUT2D eigenvalue weighted by Gasteiger charge is -2.38. The first kappa shape index (κ1) is 15.3. The van der Waals surface area contributed by atoms with Gasteiger partial charge in [-0.3, -0.25) is 4.90 Å². The number of hydrogen-bond donors (Lipinski definition) is 1. The van der Waals surface area contributed by atoms with Crippen LogP contribution in [0.25, 0.3) is 0 Å². The average molecular weight is 280 g/mol. The number of likely N-dealkylation sites (tertiary alicyclic amines) is 1. The van der Waals surface area contributed by atoms with Gasteiger partial charge in [-0.1, -0.05) is 12.5 Å². The molecule has 0 spiro atoms. The molecule has 0 aromatic heterocycles. The van der Waals surface area contributed by atoms with Crippen LogP contribution in [0.5, 0.6) is 5.75 Å². The van der Waals surface area contributed by atoms with E-state index in [-0.39, 0.29) is 11.9 Å². The molecule has 0 radical (unpaired) electrons. The molecule has 1 aliphatic heterocycles. The Bertz CT molecular complexity index is 436. The van der Waals surface area contributed by atoms with Gasteiger partial charge in [0.05, 0.1) is 6.61 Å². The lowest BCUT2D eigenvalue weighted by atomic mass is 9.96. The lowest BCUT2D eigenvalue weighted by Crippen LogP contribution is -2.48. The Balaban J connectivity index is 2.06. The largest absolute Gasteiger partial charge is 0.491 e. The van der Waals surface area contributed by atoms with Crippen LogP contribution >= 0.6 is 0 Å². The topological polar surface area (TPSA) is 38.5 Å². The molecule has 0 bridgehead atoms. The van der Waals surface area contributed by atoms with Gasteiger partial charge in [-0.2, -0.15) is 0 Å². The zero-order valence-electron chi connectivity index (χ0n) is 12.4. The van der Waals surface area contributed by atoms with Gasteiger partial charge in [-0.25, -0.2) is 4.39 Å². The molecule has 20 heavy (non-hydrogen) atoms. The number of rotatable bonds is 5. The Kier molecular flexibility index (Phi) is 5.38. The summed E-state index contributed by atoms with van der Waals surface area (Å²) in [5.74, 6) is 0.0531. The van der Waals surface area contributed by atoms with E-state index in [0.29, 0.717) is 18.4 Å². The Morgan fingerprint density at radius 1 is 1.45 bits per heavy atom. The summed E-state index contributed by atoms with van der Waals surface area (Å²) >= 11 is 0. The Morgan fingerprint density at radius 2 is 2.25 bits per heavy atom. The summed E-state index contributed by atoms with van der Waals surface area (Å²) in [5, 5.41) is 0. The predicted molar refractivity (Wildman–Crippen MR) is 79.3 cm³/mol. The third kappa shape index (κ3) is 3.70. The summed E-state index contributed by atoms with van der Waals surface area (Å²) in [5.41, 5.74) is 7.05. The van der Waals surface area contributed by atoms with E-state index in [4.69, 9.17) is 10.5 Å². The molecule has 2 unspecified atom stereocenters. The first-order valence-corrected chi connectivity index (χ1v) is 7.52. The fraction of sp³-hybridized carbons (Fsp3) is 0.625. The molecule has 0 saturated carbocycles. The quantitative estimate of drug-likeness (QED) is 0.901. The highest BCUT2D eigenvalue weighted by molar-refractivity contribution is 5.29. The molecule has 0 aliphatic carbocycles. The normalized spacial score (nSPS) is 21.7. The molecule has 112 valence electrons. The standard InChI is InChI=1S/C16H25FN2O/c1-3-20-16-8-7-13(10-14(16)17)11-19-9-5-4-6-15(19)12(2)18/h7-8,10,12,15H,3-6,9,11,18H2,1-2H3. The second-order valence-electron chi connectivity index (χ2n) is 5.59. The van der Waals surface area contributed by atoms with Crippen molar-refractivity contribution >= 4 is 0 Å². The zero-order valence-corrected chi connectivity index (χ0v) is 12.4. The average Bonchev–Trinajstić information content (AvgIpc) is 2.42. The third-order valence-electron chi connectivity index (χ3n) is 3.95. The van der Waals surface area contributed by atoms with Crippen molar-refractivity contribution in [3.63, 3.8) is 0 Å². The molecule has 1 saturated heterocycles. The Morgan fingerprint density at radius 3 is 2.90 bits per heavy atom. The van der Waals surface area contributed by atoms with Crippen LogP contribution in [0.15, 0.2) is 18.2 Å². The molecular weight excluding hydrogens is 255 g/mol. The fourth-order valence-electron chi connectivity index (χ4n) is 2.96. The monoisotopic (exact) mass is 280 g/mol. The van der Waals surface area contributed by atoms with Crippen molar-refractivity contribution in [3.8, 4) is 5.75 Å². The van der Waals surface area contributed by atoms with Crippen LogP contribution in [0, 0.1) is 5.82 Å². The summed E-state index contributed by atoms with van der Waals surface area (Å²) in [4.78, 5) is 2.38. The van der Waals surface area contributed by atoms with Crippen molar-refractivity contribution in [2.45, 2.75) is 51.7 Å². The summed E-state index contributed by atoms with van der Waals surface area (Å²) in [6, 6.07) is 5.80. The molecule has 2 N–H and O–H groups in total. The maximum Gasteiger partial charge on any atom is 0.165 e. The smallest absolute Gasteiger partial charge is 0.165 e. The van der Waals surface area contributed by atoms with E-state index in [9.17, 15) is 4.39 Å². The summed E-state index contributed by atoms with van der Waals surface area (Å²) < 4.78 is 19.1. The predicted octanol–water partition coefficient (Wildman–Crippen LogP) is 2.93. The second kappa shape index (κ2) is 7.04. The third-order valence-corrected chi connectivity index (χ3v) is 3.95. The van der Waals surface area contributed by atoms with Crippen molar-refractivity contribution in [3.05, 3.63) is 29.6 Å².